The number of rotatable bonds is 4. The van der Waals surface area contributed by atoms with Gasteiger partial charge in [-0.15, -0.1) is 36.7 Å². The minimum absolute atomic E-state index is 0.208. The number of benzene rings is 2. The highest BCUT2D eigenvalue weighted by Gasteiger charge is 2.31. The first-order valence-corrected chi connectivity index (χ1v) is 10.8. The predicted octanol–water partition coefficient (Wildman–Crippen LogP) is 6.31. The summed E-state index contributed by atoms with van der Waals surface area (Å²) in [5, 5.41) is 4.83. The lowest BCUT2D eigenvalue weighted by Gasteiger charge is -2.20. The van der Waals surface area contributed by atoms with E-state index < -0.39 is 6.36 Å². The van der Waals surface area contributed by atoms with E-state index in [1.807, 2.05) is 64.7 Å². The Morgan fingerprint density at radius 3 is 2.29 bits per heavy atom. The lowest BCUT2D eigenvalue weighted by atomic mass is 10.1. The van der Waals surface area contributed by atoms with Crippen molar-refractivity contribution < 1.29 is 17.9 Å². The molecule has 2 aromatic carbocycles. The number of ether oxygens (including phenoxy) is 1. The van der Waals surface area contributed by atoms with E-state index in [9.17, 15) is 13.2 Å². The van der Waals surface area contributed by atoms with Crippen LogP contribution in [0.15, 0.2) is 60.8 Å². The van der Waals surface area contributed by atoms with E-state index in [4.69, 9.17) is 5.10 Å². The monoisotopic (exact) mass is 422 g/mol. The third-order valence-corrected chi connectivity index (χ3v) is 7.13. The van der Waals surface area contributed by atoms with Crippen molar-refractivity contribution in [2.45, 2.75) is 17.4 Å². The van der Waals surface area contributed by atoms with Crippen LogP contribution in [-0.2, 0) is 0 Å². The minimum atomic E-state index is -4.69. The summed E-state index contributed by atoms with van der Waals surface area (Å²) in [6, 6.07) is 15.8. The first kappa shape index (κ1) is 19.3. The average Bonchev–Trinajstić information content (AvgIpc) is 3.14. The smallest absolute Gasteiger partial charge is 0.406 e. The van der Waals surface area contributed by atoms with Gasteiger partial charge in [-0.1, -0.05) is 30.3 Å². The summed E-state index contributed by atoms with van der Waals surface area (Å²) in [6.45, 7) is 0. The molecule has 3 nitrogen and oxygen atoms in total. The summed E-state index contributed by atoms with van der Waals surface area (Å²) in [5.41, 5.74) is 3.63. The van der Waals surface area contributed by atoms with Crippen LogP contribution in [0.1, 0.15) is 16.7 Å². The van der Waals surface area contributed by atoms with Crippen molar-refractivity contribution in [2.75, 3.05) is 11.5 Å². The largest absolute Gasteiger partial charge is 0.573 e. The molecule has 0 aliphatic carbocycles. The number of para-hydroxylation sites is 1. The van der Waals surface area contributed by atoms with Crippen molar-refractivity contribution in [1.82, 2.24) is 9.78 Å². The molecule has 0 bridgehead atoms. The molecule has 1 fully saturated rings. The number of aromatic nitrogens is 2. The highest BCUT2D eigenvalue weighted by atomic mass is 32.2. The molecule has 0 amide bonds. The molecule has 4 rings (SSSR count). The summed E-state index contributed by atoms with van der Waals surface area (Å²) in [7, 11) is 0. The number of hydrogen-bond acceptors (Lipinski definition) is 4. The van der Waals surface area contributed by atoms with E-state index in [0.717, 1.165) is 34.0 Å². The zero-order valence-electron chi connectivity index (χ0n) is 14.7. The molecule has 0 radical (unpaired) electrons. The zero-order valence-corrected chi connectivity index (χ0v) is 16.4. The molecule has 1 saturated heterocycles. The van der Waals surface area contributed by atoms with E-state index in [2.05, 4.69) is 4.74 Å². The van der Waals surface area contributed by atoms with Gasteiger partial charge in [0.1, 0.15) is 5.75 Å². The summed E-state index contributed by atoms with van der Waals surface area (Å²) >= 11 is 3.72. The maximum absolute atomic E-state index is 12.4. The second kappa shape index (κ2) is 8.13. The van der Waals surface area contributed by atoms with Gasteiger partial charge in [0, 0.05) is 11.8 Å². The SMILES string of the molecule is FC(F)(F)Oc1ccc(-c2cn(-c3ccccc3)nc2C2SCCCS2)cc1. The van der Waals surface area contributed by atoms with Crippen molar-refractivity contribution in [3.63, 3.8) is 0 Å². The van der Waals surface area contributed by atoms with Crippen LogP contribution >= 0.6 is 23.5 Å². The lowest BCUT2D eigenvalue weighted by Crippen LogP contribution is -2.16. The molecule has 0 N–H and O–H groups in total. The van der Waals surface area contributed by atoms with Crippen molar-refractivity contribution in [3.8, 4) is 22.6 Å². The Balaban J connectivity index is 1.71. The van der Waals surface area contributed by atoms with Crippen LogP contribution in [0.5, 0.6) is 5.75 Å². The highest BCUT2D eigenvalue weighted by molar-refractivity contribution is 8.16. The maximum Gasteiger partial charge on any atom is 0.573 e. The van der Waals surface area contributed by atoms with Crippen molar-refractivity contribution in [1.29, 1.82) is 0 Å². The molecule has 0 saturated carbocycles. The number of thioether (sulfide) groups is 2. The Labute approximate surface area is 169 Å². The molecule has 1 aromatic heterocycles. The van der Waals surface area contributed by atoms with Crippen LogP contribution < -0.4 is 4.74 Å². The molecule has 0 unspecified atom stereocenters. The van der Waals surface area contributed by atoms with Crippen LogP contribution in [0, 0.1) is 0 Å². The third-order valence-electron chi connectivity index (χ3n) is 4.21. The quantitative estimate of drug-likeness (QED) is 0.493. The van der Waals surface area contributed by atoms with Crippen LogP contribution in [0.3, 0.4) is 0 Å². The van der Waals surface area contributed by atoms with E-state index in [1.165, 1.54) is 18.6 Å². The van der Waals surface area contributed by atoms with Gasteiger partial charge in [-0.25, -0.2) is 4.68 Å². The van der Waals surface area contributed by atoms with Crippen LogP contribution in [-0.4, -0.2) is 27.6 Å². The molecular weight excluding hydrogens is 405 g/mol. The van der Waals surface area contributed by atoms with Crippen molar-refractivity contribution in [3.05, 3.63) is 66.5 Å². The van der Waals surface area contributed by atoms with Gasteiger partial charge in [0.25, 0.3) is 0 Å². The molecule has 146 valence electrons. The highest BCUT2D eigenvalue weighted by Crippen LogP contribution is 2.46. The first-order valence-electron chi connectivity index (χ1n) is 8.74. The number of nitrogens with zero attached hydrogens (tertiary/aromatic N) is 2. The Hall–Kier alpha value is -2.06. The maximum atomic E-state index is 12.4. The summed E-state index contributed by atoms with van der Waals surface area (Å²) in [6.07, 6.45) is -1.58. The van der Waals surface area contributed by atoms with E-state index in [0.29, 0.717) is 0 Å². The van der Waals surface area contributed by atoms with Crippen LogP contribution in [0.2, 0.25) is 0 Å². The Morgan fingerprint density at radius 1 is 0.964 bits per heavy atom. The molecule has 1 aliphatic rings. The molecule has 0 atom stereocenters. The fourth-order valence-electron chi connectivity index (χ4n) is 2.98. The second-order valence-corrected chi connectivity index (χ2v) is 8.93. The van der Waals surface area contributed by atoms with Gasteiger partial charge in [-0.3, -0.25) is 0 Å². The summed E-state index contributed by atoms with van der Waals surface area (Å²) in [5.74, 6) is 1.93. The molecule has 1 aliphatic heterocycles. The molecule has 2 heterocycles. The van der Waals surface area contributed by atoms with Gasteiger partial charge >= 0.3 is 6.36 Å². The topological polar surface area (TPSA) is 27.1 Å². The molecular formula is C20H17F3N2OS2. The standard InChI is InChI=1S/C20H17F3N2OS2/c21-20(22,23)26-16-9-7-14(8-10-16)17-13-25(15-5-2-1-3-6-15)24-18(17)19-27-11-4-12-28-19/h1-3,5-10,13,19H,4,11-12H2. The lowest BCUT2D eigenvalue weighted by molar-refractivity contribution is -0.274. The molecule has 0 spiro atoms. The summed E-state index contributed by atoms with van der Waals surface area (Å²) in [4.78, 5) is 0. The average molecular weight is 422 g/mol. The van der Waals surface area contributed by atoms with Crippen LogP contribution in [0.25, 0.3) is 16.8 Å². The normalized spacial score (nSPS) is 15.5. The van der Waals surface area contributed by atoms with Gasteiger partial charge in [0.15, 0.2) is 0 Å². The van der Waals surface area contributed by atoms with E-state index in [1.54, 1.807) is 12.1 Å². The Bertz CT molecular complexity index is 921. The van der Waals surface area contributed by atoms with Gasteiger partial charge < -0.3 is 4.74 Å². The molecule has 3 aromatic rings. The first-order chi connectivity index (χ1) is 13.5. The minimum Gasteiger partial charge on any atom is -0.406 e. The van der Waals surface area contributed by atoms with E-state index >= 15 is 0 Å². The number of halogens is 3. The van der Waals surface area contributed by atoms with Crippen molar-refractivity contribution in [2.24, 2.45) is 0 Å². The fraction of sp³-hybridized carbons (Fsp3) is 0.250. The van der Waals surface area contributed by atoms with Gasteiger partial charge in [0.2, 0.25) is 0 Å². The predicted molar refractivity (Wildman–Crippen MR) is 108 cm³/mol. The Morgan fingerprint density at radius 2 is 1.64 bits per heavy atom. The third kappa shape index (κ3) is 4.50. The summed E-state index contributed by atoms with van der Waals surface area (Å²) < 4.78 is 43.3. The van der Waals surface area contributed by atoms with Gasteiger partial charge in [0.05, 0.1) is 16.0 Å². The number of alkyl halides is 3. The molecule has 28 heavy (non-hydrogen) atoms. The Kier molecular flexibility index (Phi) is 5.59. The second-order valence-electron chi connectivity index (χ2n) is 6.21. The number of hydrogen-bond donors (Lipinski definition) is 0. The fourth-order valence-corrected chi connectivity index (χ4v) is 5.84. The van der Waals surface area contributed by atoms with Crippen molar-refractivity contribution >= 4 is 23.5 Å². The van der Waals surface area contributed by atoms with Crippen LogP contribution in [0.4, 0.5) is 13.2 Å². The van der Waals surface area contributed by atoms with E-state index in [-0.39, 0.29) is 10.3 Å². The molecule has 8 heteroatoms. The van der Waals surface area contributed by atoms with Gasteiger partial charge in [-0.2, -0.15) is 5.10 Å². The zero-order chi connectivity index (χ0) is 19.6. The van der Waals surface area contributed by atoms with Gasteiger partial charge in [-0.05, 0) is 47.8 Å².